The van der Waals surface area contributed by atoms with E-state index in [2.05, 4.69) is 28.4 Å². The van der Waals surface area contributed by atoms with Crippen LogP contribution in [0.1, 0.15) is 65.2 Å². The molecule has 6 rings (SSSR count). The van der Waals surface area contributed by atoms with Crippen molar-refractivity contribution in [2.75, 3.05) is 13.1 Å². The summed E-state index contributed by atoms with van der Waals surface area (Å²) >= 11 is 0. The molecule has 1 N–H and O–H groups in total. The fraction of sp³-hybridized carbons (Fsp3) is 0.333. The first kappa shape index (κ1) is 24.6. The number of aryl methyl sites for hydroxylation is 2. The number of likely N-dealkylation sites (tertiary alicyclic amines) is 1. The van der Waals surface area contributed by atoms with E-state index in [0.29, 0.717) is 16.5 Å². The first-order valence-electron chi connectivity index (χ1n) is 13.9. The van der Waals surface area contributed by atoms with Crippen molar-refractivity contribution in [3.05, 3.63) is 105 Å². The maximum absolute atomic E-state index is 13.2. The molecule has 0 unspecified atom stereocenters. The normalized spacial score (nSPS) is 17.8. The number of nitrogens with zero attached hydrogens (tertiary/aromatic N) is 2. The Bertz CT molecular complexity index is 1530. The van der Waals surface area contributed by atoms with Gasteiger partial charge in [0.2, 0.25) is 0 Å². The van der Waals surface area contributed by atoms with E-state index in [1.165, 1.54) is 49.0 Å². The molecule has 0 bridgehead atoms. The minimum atomic E-state index is -0.0711. The number of hydrogen-bond donors (Lipinski definition) is 1. The van der Waals surface area contributed by atoms with Crippen molar-refractivity contribution in [2.24, 2.45) is 7.05 Å². The van der Waals surface area contributed by atoms with E-state index in [9.17, 15) is 9.59 Å². The van der Waals surface area contributed by atoms with E-state index >= 15 is 0 Å². The largest absolute Gasteiger partial charge is 0.350 e. The smallest absolute Gasteiger partial charge is 0.251 e. The van der Waals surface area contributed by atoms with Gasteiger partial charge in [-0.25, -0.2) is 0 Å². The number of hydrogen-bond acceptors (Lipinski definition) is 3. The summed E-state index contributed by atoms with van der Waals surface area (Å²) in [5.74, 6) is -0.0711. The molecule has 1 aromatic heterocycles. The number of benzene rings is 3. The Hall–Kier alpha value is -3.70. The fourth-order valence-electron chi connectivity index (χ4n) is 6.18. The molecule has 1 fully saturated rings. The Labute approximate surface area is 224 Å². The third-order valence-electron chi connectivity index (χ3n) is 8.24. The van der Waals surface area contributed by atoms with Gasteiger partial charge in [0, 0.05) is 36.3 Å². The maximum atomic E-state index is 13.2. The first-order chi connectivity index (χ1) is 18.6. The minimum absolute atomic E-state index is 0.00868. The zero-order valence-corrected chi connectivity index (χ0v) is 22.1. The number of para-hydroxylation sites is 1. The van der Waals surface area contributed by atoms with Gasteiger partial charge in [-0.2, -0.15) is 0 Å². The predicted octanol–water partition coefficient (Wildman–Crippen LogP) is 6.00. The summed E-state index contributed by atoms with van der Waals surface area (Å²) in [5, 5.41) is 3.98. The van der Waals surface area contributed by atoms with Crippen LogP contribution in [0, 0.1) is 0 Å². The summed E-state index contributed by atoms with van der Waals surface area (Å²) in [7, 11) is 1.95. The van der Waals surface area contributed by atoms with Crippen molar-refractivity contribution in [2.45, 2.75) is 51.1 Å². The number of carbonyl (C=O) groups excluding carboxylic acids is 1. The second kappa shape index (κ2) is 10.6. The van der Waals surface area contributed by atoms with E-state index in [0.717, 1.165) is 36.9 Å². The van der Waals surface area contributed by atoms with Gasteiger partial charge in [-0.1, -0.05) is 48.9 Å². The van der Waals surface area contributed by atoms with Crippen LogP contribution in [0.2, 0.25) is 0 Å². The van der Waals surface area contributed by atoms with Gasteiger partial charge in [-0.3, -0.25) is 14.5 Å². The number of piperidine rings is 1. The Morgan fingerprint density at radius 1 is 0.947 bits per heavy atom. The van der Waals surface area contributed by atoms with E-state index in [1.807, 2.05) is 66.3 Å². The number of nitrogens with one attached hydrogen (secondary N) is 1. The monoisotopic (exact) mass is 505 g/mol. The van der Waals surface area contributed by atoms with Crippen LogP contribution in [0.15, 0.2) is 77.7 Å². The highest BCUT2D eigenvalue weighted by molar-refractivity contribution is 5.95. The molecule has 194 valence electrons. The standard InChI is InChI=1S/C33H35N3O2/c1-35-22-29(32(37)28-9-3-4-11-31(28)35)24-13-15-25(16-14-24)33(38)34-30-10-7-8-26-20-23(12-17-27(26)30)21-36-18-5-2-6-19-36/h3-4,9,11-17,20,22,30H,2,5-8,10,18-19,21H2,1H3,(H,34,38)/t30-/m1/s1. The molecule has 0 saturated carbocycles. The molecule has 2 aliphatic rings. The molecule has 5 heteroatoms. The average Bonchev–Trinajstić information content (AvgIpc) is 2.96. The van der Waals surface area contributed by atoms with Crippen LogP contribution in [0.3, 0.4) is 0 Å². The zero-order valence-electron chi connectivity index (χ0n) is 22.1. The van der Waals surface area contributed by atoms with Crippen LogP contribution < -0.4 is 10.7 Å². The molecule has 5 nitrogen and oxygen atoms in total. The minimum Gasteiger partial charge on any atom is -0.350 e. The highest BCUT2D eigenvalue weighted by atomic mass is 16.1. The average molecular weight is 506 g/mol. The summed E-state index contributed by atoms with van der Waals surface area (Å²) in [6.45, 7) is 3.42. The second-order valence-electron chi connectivity index (χ2n) is 10.9. The topological polar surface area (TPSA) is 54.3 Å². The van der Waals surface area contributed by atoms with E-state index < -0.39 is 0 Å². The third kappa shape index (κ3) is 4.91. The molecule has 3 aromatic carbocycles. The van der Waals surface area contributed by atoms with Gasteiger partial charge in [0.05, 0.1) is 11.6 Å². The fourth-order valence-corrected chi connectivity index (χ4v) is 6.18. The molecule has 1 aliphatic heterocycles. The summed E-state index contributed by atoms with van der Waals surface area (Å²) in [6.07, 6.45) is 8.94. The van der Waals surface area contributed by atoms with Crippen molar-refractivity contribution >= 4 is 16.8 Å². The van der Waals surface area contributed by atoms with Crippen LogP contribution in [0.25, 0.3) is 22.0 Å². The molecule has 0 spiro atoms. The van der Waals surface area contributed by atoms with Crippen molar-refractivity contribution in [1.82, 2.24) is 14.8 Å². The molecule has 0 radical (unpaired) electrons. The van der Waals surface area contributed by atoms with Gasteiger partial charge < -0.3 is 9.88 Å². The van der Waals surface area contributed by atoms with E-state index in [1.54, 1.807) is 0 Å². The second-order valence-corrected chi connectivity index (χ2v) is 10.9. The van der Waals surface area contributed by atoms with Crippen LogP contribution in [-0.2, 0) is 20.0 Å². The van der Waals surface area contributed by atoms with Gasteiger partial charge in [0.15, 0.2) is 5.43 Å². The summed E-state index contributed by atoms with van der Waals surface area (Å²) < 4.78 is 1.98. The molecular weight excluding hydrogens is 470 g/mol. The Balaban J connectivity index is 1.18. The van der Waals surface area contributed by atoms with Crippen molar-refractivity contribution in [3.63, 3.8) is 0 Å². The van der Waals surface area contributed by atoms with Gasteiger partial charge >= 0.3 is 0 Å². The van der Waals surface area contributed by atoms with Gasteiger partial charge in [-0.05, 0) is 91.7 Å². The lowest BCUT2D eigenvalue weighted by Crippen LogP contribution is -2.31. The lowest BCUT2D eigenvalue weighted by molar-refractivity contribution is 0.0932. The number of aromatic nitrogens is 1. The zero-order chi connectivity index (χ0) is 26.1. The first-order valence-corrected chi connectivity index (χ1v) is 13.9. The molecule has 38 heavy (non-hydrogen) atoms. The van der Waals surface area contributed by atoms with Gasteiger partial charge in [-0.15, -0.1) is 0 Å². The number of carbonyl (C=O) groups is 1. The number of amides is 1. The van der Waals surface area contributed by atoms with Crippen LogP contribution in [-0.4, -0.2) is 28.5 Å². The van der Waals surface area contributed by atoms with Crippen LogP contribution in [0.4, 0.5) is 0 Å². The SMILES string of the molecule is Cn1cc(-c2ccc(C(=O)N[C@@H]3CCCc4cc(CN5CCCCC5)ccc43)cc2)c(=O)c2ccccc21. The van der Waals surface area contributed by atoms with Gasteiger partial charge in [0.25, 0.3) is 5.91 Å². The van der Waals surface area contributed by atoms with Crippen molar-refractivity contribution < 1.29 is 4.79 Å². The highest BCUT2D eigenvalue weighted by Crippen LogP contribution is 2.31. The molecule has 1 aliphatic carbocycles. The summed E-state index contributed by atoms with van der Waals surface area (Å²) in [5.41, 5.74) is 6.99. The van der Waals surface area contributed by atoms with Crippen LogP contribution in [0.5, 0.6) is 0 Å². The van der Waals surface area contributed by atoms with Crippen molar-refractivity contribution in [1.29, 1.82) is 0 Å². The maximum Gasteiger partial charge on any atom is 0.251 e. The molecule has 1 amide bonds. The number of fused-ring (bicyclic) bond motifs is 2. The van der Waals surface area contributed by atoms with E-state index in [4.69, 9.17) is 0 Å². The molecule has 2 heterocycles. The lowest BCUT2D eigenvalue weighted by atomic mass is 9.86. The number of pyridine rings is 1. The summed E-state index contributed by atoms with van der Waals surface area (Å²) in [4.78, 5) is 28.9. The third-order valence-corrected chi connectivity index (χ3v) is 8.24. The molecule has 1 saturated heterocycles. The van der Waals surface area contributed by atoms with Gasteiger partial charge in [0.1, 0.15) is 0 Å². The number of rotatable bonds is 5. The molecule has 1 atom stereocenters. The predicted molar refractivity (Wildman–Crippen MR) is 153 cm³/mol. The van der Waals surface area contributed by atoms with Crippen LogP contribution >= 0.6 is 0 Å². The molecular formula is C33H35N3O2. The Kier molecular flexibility index (Phi) is 6.86. The van der Waals surface area contributed by atoms with Crippen molar-refractivity contribution in [3.8, 4) is 11.1 Å². The summed E-state index contributed by atoms with van der Waals surface area (Å²) in [6, 6.07) is 21.9. The Morgan fingerprint density at radius 3 is 2.55 bits per heavy atom. The Morgan fingerprint density at radius 2 is 1.74 bits per heavy atom. The lowest BCUT2D eigenvalue weighted by Gasteiger charge is -2.29. The quantitative estimate of drug-likeness (QED) is 0.362. The van der Waals surface area contributed by atoms with E-state index in [-0.39, 0.29) is 17.4 Å². The molecule has 4 aromatic rings. The highest BCUT2D eigenvalue weighted by Gasteiger charge is 2.23.